The molecule has 0 saturated heterocycles. The first-order chi connectivity index (χ1) is 9.36. The highest BCUT2D eigenvalue weighted by Gasteiger charge is 2.27. The Morgan fingerprint density at radius 3 is 2.15 bits per heavy atom. The van der Waals surface area contributed by atoms with Gasteiger partial charge in [0, 0.05) is 18.3 Å². The molecule has 20 heavy (non-hydrogen) atoms. The van der Waals surface area contributed by atoms with E-state index in [1.807, 2.05) is 52.0 Å². The van der Waals surface area contributed by atoms with Gasteiger partial charge in [-0.1, -0.05) is 50.6 Å². The predicted molar refractivity (Wildman–Crippen MR) is 77.5 cm³/mol. The second kappa shape index (κ2) is 7.20. The number of Topliss-reactive ketones (excluding diaryl/α,β-unsaturated/α-hetero) is 1. The predicted octanol–water partition coefficient (Wildman–Crippen LogP) is 2.84. The number of carbonyl (C=O) groups is 2. The number of ketones is 1. The fourth-order valence-electron chi connectivity index (χ4n) is 2.15. The van der Waals surface area contributed by atoms with Crippen molar-refractivity contribution in [3.05, 3.63) is 35.4 Å². The molecule has 0 aliphatic rings. The average Bonchev–Trinajstić information content (AvgIpc) is 2.43. The lowest BCUT2D eigenvalue weighted by Crippen LogP contribution is -2.33. The van der Waals surface area contributed by atoms with E-state index in [0.717, 1.165) is 11.1 Å². The number of nitrogens with one attached hydrogen (secondary N) is 1. The molecule has 1 aromatic carbocycles. The zero-order valence-corrected chi connectivity index (χ0v) is 12.5. The van der Waals surface area contributed by atoms with Gasteiger partial charge in [0.2, 0.25) is 5.91 Å². The molecule has 1 rings (SSSR count). The Kier molecular flexibility index (Phi) is 5.89. The third-order valence-corrected chi connectivity index (χ3v) is 3.73. The first-order valence-corrected chi connectivity index (χ1v) is 6.90. The van der Waals surface area contributed by atoms with Crippen molar-refractivity contribution in [2.45, 2.75) is 40.0 Å². The minimum absolute atomic E-state index is 0.00341. The van der Waals surface area contributed by atoms with Crippen molar-refractivity contribution in [1.82, 2.24) is 5.48 Å². The molecule has 110 valence electrons. The fourth-order valence-corrected chi connectivity index (χ4v) is 2.15. The number of carbonyl (C=O) groups excluding carboxylic acids is 2. The summed E-state index contributed by atoms with van der Waals surface area (Å²) in [5.74, 6) is -1.24. The van der Waals surface area contributed by atoms with E-state index >= 15 is 0 Å². The Morgan fingerprint density at radius 2 is 1.70 bits per heavy atom. The van der Waals surface area contributed by atoms with Crippen molar-refractivity contribution in [1.29, 1.82) is 0 Å². The highest BCUT2D eigenvalue weighted by atomic mass is 16.5. The van der Waals surface area contributed by atoms with Gasteiger partial charge >= 0.3 is 0 Å². The van der Waals surface area contributed by atoms with Crippen LogP contribution in [0, 0.1) is 18.8 Å². The van der Waals surface area contributed by atoms with Gasteiger partial charge in [0.1, 0.15) is 5.78 Å². The van der Waals surface area contributed by atoms with Gasteiger partial charge in [0.25, 0.3) is 0 Å². The monoisotopic (exact) mass is 277 g/mol. The zero-order valence-electron chi connectivity index (χ0n) is 12.5. The summed E-state index contributed by atoms with van der Waals surface area (Å²) in [7, 11) is 0. The van der Waals surface area contributed by atoms with Crippen LogP contribution in [0.3, 0.4) is 0 Å². The van der Waals surface area contributed by atoms with Gasteiger partial charge in [0.05, 0.1) is 0 Å². The topological polar surface area (TPSA) is 66.4 Å². The Morgan fingerprint density at radius 1 is 1.15 bits per heavy atom. The summed E-state index contributed by atoms with van der Waals surface area (Å²) < 4.78 is 0. The average molecular weight is 277 g/mol. The third-order valence-electron chi connectivity index (χ3n) is 3.73. The number of hydrogen-bond acceptors (Lipinski definition) is 3. The molecule has 0 saturated carbocycles. The smallest absolute Gasteiger partial charge is 0.247 e. The highest BCUT2D eigenvalue weighted by Crippen LogP contribution is 2.23. The van der Waals surface area contributed by atoms with E-state index in [-0.39, 0.29) is 24.0 Å². The van der Waals surface area contributed by atoms with Gasteiger partial charge in [-0.15, -0.1) is 0 Å². The van der Waals surface area contributed by atoms with Crippen molar-refractivity contribution < 1.29 is 14.8 Å². The van der Waals surface area contributed by atoms with Gasteiger partial charge in [-0.3, -0.25) is 14.8 Å². The minimum atomic E-state index is -0.500. The van der Waals surface area contributed by atoms with E-state index in [2.05, 4.69) is 0 Å². The standard InChI is InChI=1S/C16H23NO3/c1-10(2)14(16(19)17-20)9-15(18)12(4)13-7-5-11(3)6-8-13/h5-8,10,12,14,20H,9H2,1-4H3,(H,17,19)/t12?,14-/m1/s1. The number of hydroxylamine groups is 1. The molecule has 4 heteroatoms. The van der Waals surface area contributed by atoms with Crippen LogP contribution in [0.2, 0.25) is 0 Å². The summed E-state index contributed by atoms with van der Waals surface area (Å²) in [4.78, 5) is 23.9. The van der Waals surface area contributed by atoms with Crippen LogP contribution in [-0.2, 0) is 9.59 Å². The largest absolute Gasteiger partial charge is 0.299 e. The minimum Gasteiger partial charge on any atom is -0.299 e. The molecule has 2 N–H and O–H groups in total. The lowest BCUT2D eigenvalue weighted by Gasteiger charge is -2.20. The quantitative estimate of drug-likeness (QED) is 0.620. The normalized spacial score (nSPS) is 13.9. The van der Waals surface area contributed by atoms with Crippen molar-refractivity contribution in [2.24, 2.45) is 11.8 Å². The van der Waals surface area contributed by atoms with E-state index in [0.29, 0.717) is 0 Å². The SMILES string of the molecule is Cc1ccc(C(C)C(=O)C[C@@H](C(=O)NO)C(C)C)cc1. The van der Waals surface area contributed by atoms with Crippen LogP contribution in [-0.4, -0.2) is 16.9 Å². The molecule has 0 aliphatic carbocycles. The summed E-state index contributed by atoms with van der Waals surface area (Å²) in [6, 6.07) is 7.82. The lowest BCUT2D eigenvalue weighted by atomic mass is 9.85. The number of hydrogen-bond donors (Lipinski definition) is 2. The summed E-state index contributed by atoms with van der Waals surface area (Å²) in [5.41, 5.74) is 3.74. The number of benzene rings is 1. The summed E-state index contributed by atoms with van der Waals surface area (Å²) in [6.07, 6.45) is 0.138. The second-order valence-electron chi connectivity index (χ2n) is 5.63. The van der Waals surface area contributed by atoms with Crippen molar-refractivity contribution >= 4 is 11.7 Å². The number of amides is 1. The van der Waals surface area contributed by atoms with Crippen molar-refractivity contribution in [3.63, 3.8) is 0 Å². The molecular weight excluding hydrogens is 254 g/mol. The Balaban J connectivity index is 2.78. The highest BCUT2D eigenvalue weighted by molar-refractivity contribution is 5.90. The van der Waals surface area contributed by atoms with Crippen LogP contribution < -0.4 is 5.48 Å². The molecule has 0 aliphatic heterocycles. The zero-order chi connectivity index (χ0) is 15.3. The Labute approximate surface area is 120 Å². The fraction of sp³-hybridized carbons (Fsp3) is 0.500. The summed E-state index contributed by atoms with van der Waals surface area (Å²) >= 11 is 0. The first-order valence-electron chi connectivity index (χ1n) is 6.90. The second-order valence-corrected chi connectivity index (χ2v) is 5.63. The van der Waals surface area contributed by atoms with E-state index < -0.39 is 11.8 Å². The number of aryl methyl sites for hydroxylation is 1. The summed E-state index contributed by atoms with van der Waals surface area (Å²) in [5, 5.41) is 8.74. The lowest BCUT2D eigenvalue weighted by molar-refractivity contribution is -0.137. The van der Waals surface area contributed by atoms with Crippen LogP contribution in [0.15, 0.2) is 24.3 Å². The number of rotatable bonds is 6. The molecule has 0 radical (unpaired) electrons. The van der Waals surface area contributed by atoms with E-state index in [9.17, 15) is 9.59 Å². The first kappa shape index (κ1) is 16.4. The molecule has 1 aromatic rings. The molecule has 0 fully saturated rings. The molecule has 0 spiro atoms. The van der Waals surface area contributed by atoms with Crippen LogP contribution in [0.5, 0.6) is 0 Å². The van der Waals surface area contributed by atoms with Crippen LogP contribution in [0.1, 0.15) is 44.2 Å². The van der Waals surface area contributed by atoms with E-state index in [4.69, 9.17) is 5.21 Å². The van der Waals surface area contributed by atoms with Gasteiger partial charge in [-0.2, -0.15) is 0 Å². The third kappa shape index (κ3) is 4.17. The van der Waals surface area contributed by atoms with Gasteiger partial charge in [-0.25, -0.2) is 5.48 Å². The molecule has 0 bridgehead atoms. The van der Waals surface area contributed by atoms with E-state index in [1.54, 1.807) is 5.48 Å². The maximum atomic E-state index is 12.3. The van der Waals surface area contributed by atoms with Crippen LogP contribution >= 0.6 is 0 Å². The molecule has 0 aromatic heterocycles. The van der Waals surface area contributed by atoms with Gasteiger partial charge in [0.15, 0.2) is 0 Å². The Bertz CT molecular complexity index is 465. The molecule has 1 amide bonds. The van der Waals surface area contributed by atoms with Crippen molar-refractivity contribution in [2.75, 3.05) is 0 Å². The van der Waals surface area contributed by atoms with Crippen LogP contribution in [0.4, 0.5) is 0 Å². The maximum absolute atomic E-state index is 12.3. The molecular formula is C16H23NO3. The van der Waals surface area contributed by atoms with E-state index in [1.165, 1.54) is 0 Å². The molecule has 1 unspecified atom stereocenters. The summed E-state index contributed by atoms with van der Waals surface area (Å²) in [6.45, 7) is 7.57. The van der Waals surface area contributed by atoms with Crippen molar-refractivity contribution in [3.8, 4) is 0 Å². The molecule has 2 atom stereocenters. The van der Waals surface area contributed by atoms with Gasteiger partial charge < -0.3 is 0 Å². The van der Waals surface area contributed by atoms with Gasteiger partial charge in [-0.05, 0) is 18.4 Å². The molecule has 4 nitrogen and oxygen atoms in total. The molecule has 0 heterocycles. The maximum Gasteiger partial charge on any atom is 0.247 e. The Hall–Kier alpha value is -1.68. The van der Waals surface area contributed by atoms with Crippen LogP contribution in [0.25, 0.3) is 0 Å².